The number of rotatable bonds is 1. The number of aryl methyl sites for hydroxylation is 1. The lowest BCUT2D eigenvalue weighted by Gasteiger charge is -2.45. The average Bonchev–Trinajstić information content (AvgIpc) is 2.96. The first-order chi connectivity index (χ1) is 10.1. The summed E-state index contributed by atoms with van der Waals surface area (Å²) in [5.74, 6) is -0.0153. The summed E-state index contributed by atoms with van der Waals surface area (Å²) in [5, 5.41) is 3.58. The number of aromatic nitrogens is 1. The Balaban J connectivity index is 1.61. The highest BCUT2D eigenvalue weighted by Crippen LogP contribution is 2.31. The minimum absolute atomic E-state index is 0.0153. The van der Waals surface area contributed by atoms with E-state index >= 15 is 0 Å². The fourth-order valence-electron chi connectivity index (χ4n) is 3.18. The van der Waals surface area contributed by atoms with Crippen molar-refractivity contribution in [3.63, 3.8) is 0 Å². The lowest BCUT2D eigenvalue weighted by molar-refractivity contribution is -0.0575. The topological polar surface area (TPSA) is 74.4 Å². The summed E-state index contributed by atoms with van der Waals surface area (Å²) < 4.78 is 5.25. The summed E-state index contributed by atoms with van der Waals surface area (Å²) in [6, 6.07) is 7.76. The number of alkyl carbamates (subject to hydrolysis) is 1. The number of ether oxygens (including phenoxy) is 1. The zero-order valence-corrected chi connectivity index (χ0v) is 11.6. The normalized spacial score (nSPS) is 19.5. The van der Waals surface area contributed by atoms with Crippen LogP contribution in [0.5, 0.6) is 0 Å². The van der Waals surface area contributed by atoms with Gasteiger partial charge < -0.3 is 19.9 Å². The van der Waals surface area contributed by atoms with E-state index in [-0.39, 0.29) is 5.91 Å². The Bertz CT molecular complexity index is 759. The molecule has 1 aromatic carbocycles. The van der Waals surface area contributed by atoms with Crippen LogP contribution < -0.4 is 5.32 Å². The molecule has 1 aromatic heterocycles. The molecular weight excluding hydrogens is 270 g/mol. The number of carbonyl (C=O) groups excluding carboxylic acids is 2. The molecule has 6 nitrogen and oxygen atoms in total. The van der Waals surface area contributed by atoms with Crippen LogP contribution in [0.4, 0.5) is 4.79 Å². The maximum Gasteiger partial charge on any atom is 0.408 e. The van der Waals surface area contributed by atoms with Crippen LogP contribution >= 0.6 is 0 Å². The molecule has 6 heteroatoms. The van der Waals surface area contributed by atoms with Crippen molar-refractivity contribution in [3.05, 3.63) is 35.5 Å². The SMILES string of the molecule is Cc1[nH]c2ccccc2c1C(=O)N1CC2(CNC(=O)O2)C1. The zero-order chi connectivity index (χ0) is 14.6. The molecule has 0 atom stereocenters. The van der Waals surface area contributed by atoms with Gasteiger partial charge in [-0.1, -0.05) is 18.2 Å². The summed E-state index contributed by atoms with van der Waals surface area (Å²) in [6.45, 7) is 3.27. The number of amides is 2. The molecule has 0 aliphatic carbocycles. The highest BCUT2D eigenvalue weighted by molar-refractivity contribution is 6.08. The Morgan fingerprint density at radius 1 is 1.33 bits per heavy atom. The van der Waals surface area contributed by atoms with E-state index in [1.165, 1.54) is 0 Å². The number of aromatic amines is 1. The summed E-state index contributed by atoms with van der Waals surface area (Å²) in [4.78, 5) is 28.8. The number of H-pyrrole nitrogens is 1. The predicted molar refractivity (Wildman–Crippen MR) is 76.2 cm³/mol. The van der Waals surface area contributed by atoms with Crippen molar-refractivity contribution in [1.29, 1.82) is 0 Å². The Labute approximate surface area is 121 Å². The van der Waals surface area contributed by atoms with Gasteiger partial charge in [-0.2, -0.15) is 0 Å². The molecule has 2 amide bonds. The lowest BCUT2D eigenvalue weighted by Crippen LogP contribution is -2.65. The van der Waals surface area contributed by atoms with Gasteiger partial charge in [-0.15, -0.1) is 0 Å². The Morgan fingerprint density at radius 3 is 2.81 bits per heavy atom. The second-order valence-electron chi connectivity index (χ2n) is 5.76. The van der Waals surface area contributed by atoms with Crippen LogP contribution in [0, 0.1) is 6.92 Å². The fraction of sp³-hybridized carbons (Fsp3) is 0.333. The second-order valence-corrected chi connectivity index (χ2v) is 5.76. The fourth-order valence-corrected chi connectivity index (χ4v) is 3.18. The minimum Gasteiger partial charge on any atom is -0.437 e. The molecule has 2 aromatic rings. The van der Waals surface area contributed by atoms with Crippen molar-refractivity contribution in [2.45, 2.75) is 12.5 Å². The van der Waals surface area contributed by atoms with Crippen LogP contribution in [0.3, 0.4) is 0 Å². The molecule has 0 unspecified atom stereocenters. The van der Waals surface area contributed by atoms with E-state index in [2.05, 4.69) is 10.3 Å². The Morgan fingerprint density at radius 2 is 2.10 bits per heavy atom. The average molecular weight is 285 g/mol. The number of nitrogens with zero attached hydrogens (tertiary/aromatic N) is 1. The van der Waals surface area contributed by atoms with Crippen LogP contribution in [-0.2, 0) is 4.74 Å². The van der Waals surface area contributed by atoms with Gasteiger partial charge in [-0.05, 0) is 13.0 Å². The van der Waals surface area contributed by atoms with E-state index in [1.807, 2.05) is 31.2 Å². The van der Waals surface area contributed by atoms with E-state index in [0.29, 0.717) is 25.2 Å². The number of benzene rings is 1. The molecule has 2 fully saturated rings. The molecule has 2 saturated heterocycles. The van der Waals surface area contributed by atoms with Gasteiger partial charge in [0.15, 0.2) is 5.60 Å². The lowest BCUT2D eigenvalue weighted by atomic mass is 9.93. The Kier molecular flexibility index (Phi) is 2.34. The van der Waals surface area contributed by atoms with Crippen molar-refractivity contribution in [1.82, 2.24) is 15.2 Å². The highest BCUT2D eigenvalue weighted by Gasteiger charge is 2.52. The van der Waals surface area contributed by atoms with Gasteiger partial charge in [0.05, 0.1) is 25.2 Å². The number of nitrogens with one attached hydrogen (secondary N) is 2. The number of fused-ring (bicyclic) bond motifs is 1. The first-order valence-electron chi connectivity index (χ1n) is 6.91. The van der Waals surface area contributed by atoms with Crippen LogP contribution in [0.25, 0.3) is 10.9 Å². The predicted octanol–water partition coefficient (Wildman–Crippen LogP) is 1.41. The van der Waals surface area contributed by atoms with Gasteiger partial charge in [0.1, 0.15) is 0 Å². The molecule has 1 spiro atoms. The van der Waals surface area contributed by atoms with E-state index in [4.69, 9.17) is 4.74 Å². The minimum atomic E-state index is -0.521. The number of para-hydroxylation sites is 1. The molecule has 4 rings (SSSR count). The van der Waals surface area contributed by atoms with Crippen molar-refractivity contribution in [2.75, 3.05) is 19.6 Å². The van der Waals surface area contributed by atoms with Crippen LogP contribution in [0.2, 0.25) is 0 Å². The monoisotopic (exact) mass is 285 g/mol. The number of hydrogen-bond acceptors (Lipinski definition) is 3. The van der Waals surface area contributed by atoms with Crippen molar-refractivity contribution in [3.8, 4) is 0 Å². The largest absolute Gasteiger partial charge is 0.437 e. The van der Waals surface area contributed by atoms with Crippen LogP contribution in [-0.4, -0.2) is 47.1 Å². The van der Waals surface area contributed by atoms with Gasteiger partial charge in [0.25, 0.3) is 5.91 Å². The van der Waals surface area contributed by atoms with Gasteiger partial charge in [-0.3, -0.25) is 4.79 Å². The van der Waals surface area contributed by atoms with E-state index < -0.39 is 11.7 Å². The smallest absolute Gasteiger partial charge is 0.408 e. The standard InChI is InChI=1S/C15H15N3O3/c1-9-12(10-4-2-3-5-11(10)17-9)13(19)18-7-15(8-18)6-16-14(20)21-15/h2-5,17H,6-8H2,1H3,(H,16,20). The molecule has 3 heterocycles. The molecule has 0 bridgehead atoms. The second kappa shape index (κ2) is 4.00. The van der Waals surface area contributed by atoms with Gasteiger partial charge in [0.2, 0.25) is 0 Å². The van der Waals surface area contributed by atoms with E-state index in [9.17, 15) is 9.59 Å². The van der Waals surface area contributed by atoms with E-state index in [1.54, 1.807) is 4.90 Å². The molecule has 108 valence electrons. The van der Waals surface area contributed by atoms with Gasteiger partial charge in [0, 0.05) is 16.6 Å². The summed E-state index contributed by atoms with van der Waals surface area (Å²) in [7, 11) is 0. The molecule has 2 N–H and O–H groups in total. The Hall–Kier alpha value is -2.50. The zero-order valence-electron chi connectivity index (χ0n) is 11.6. The highest BCUT2D eigenvalue weighted by atomic mass is 16.6. The maximum atomic E-state index is 12.7. The summed E-state index contributed by atoms with van der Waals surface area (Å²) in [5.41, 5.74) is 2.01. The number of hydrogen-bond donors (Lipinski definition) is 2. The molecule has 0 saturated carbocycles. The molecule has 2 aliphatic rings. The van der Waals surface area contributed by atoms with Crippen LogP contribution in [0.1, 0.15) is 16.1 Å². The van der Waals surface area contributed by atoms with Crippen molar-refractivity contribution in [2.24, 2.45) is 0 Å². The van der Waals surface area contributed by atoms with Gasteiger partial charge >= 0.3 is 6.09 Å². The maximum absolute atomic E-state index is 12.7. The molecule has 0 radical (unpaired) electrons. The van der Waals surface area contributed by atoms with Crippen molar-refractivity contribution >= 4 is 22.9 Å². The number of carbonyl (C=O) groups is 2. The molecule has 21 heavy (non-hydrogen) atoms. The quantitative estimate of drug-likeness (QED) is 0.832. The summed E-state index contributed by atoms with van der Waals surface area (Å²) in [6.07, 6.45) is -0.398. The third-order valence-electron chi connectivity index (χ3n) is 4.22. The van der Waals surface area contributed by atoms with Crippen LogP contribution in [0.15, 0.2) is 24.3 Å². The molecule has 2 aliphatic heterocycles. The van der Waals surface area contributed by atoms with Gasteiger partial charge in [-0.25, -0.2) is 4.79 Å². The number of likely N-dealkylation sites (tertiary alicyclic amines) is 1. The molecular formula is C15H15N3O3. The first kappa shape index (κ1) is 12.3. The first-order valence-corrected chi connectivity index (χ1v) is 6.91. The third-order valence-corrected chi connectivity index (χ3v) is 4.22. The third kappa shape index (κ3) is 1.72. The van der Waals surface area contributed by atoms with E-state index in [0.717, 1.165) is 16.6 Å². The summed E-state index contributed by atoms with van der Waals surface area (Å²) >= 11 is 0. The van der Waals surface area contributed by atoms with Crippen molar-refractivity contribution < 1.29 is 14.3 Å².